The van der Waals surface area contributed by atoms with E-state index in [4.69, 9.17) is 0 Å². The summed E-state index contributed by atoms with van der Waals surface area (Å²) in [5, 5.41) is 7.22. The van der Waals surface area contributed by atoms with Crippen LogP contribution in [-0.4, -0.2) is 28.8 Å². The number of carbonyl (C=O) groups excluding carboxylic acids is 2. The minimum atomic E-state index is -0.775. The van der Waals surface area contributed by atoms with Crippen LogP contribution in [0.2, 0.25) is 0 Å². The van der Waals surface area contributed by atoms with E-state index in [1.165, 1.54) is 17.9 Å². The Kier molecular flexibility index (Phi) is 6.41. The molecule has 2 aromatic carbocycles. The molecule has 1 atom stereocenters. The quantitative estimate of drug-likeness (QED) is 0.633. The molecule has 0 radical (unpaired) electrons. The molecule has 0 aliphatic heterocycles. The lowest BCUT2D eigenvalue weighted by Crippen LogP contribution is -2.34. The van der Waals surface area contributed by atoms with Gasteiger partial charge in [0.25, 0.3) is 5.56 Å². The number of methoxy groups -OCH3 is 1. The van der Waals surface area contributed by atoms with Gasteiger partial charge in [-0.15, -0.1) is 0 Å². The number of esters is 1. The highest BCUT2D eigenvalue weighted by Crippen LogP contribution is 2.19. The van der Waals surface area contributed by atoms with Crippen LogP contribution in [0.15, 0.2) is 65.5 Å². The van der Waals surface area contributed by atoms with E-state index in [0.29, 0.717) is 23.4 Å². The molecule has 3 aromatic rings. The summed E-state index contributed by atoms with van der Waals surface area (Å²) in [5.74, 6) is -0.818. The van der Waals surface area contributed by atoms with Gasteiger partial charge in [0.2, 0.25) is 5.91 Å². The van der Waals surface area contributed by atoms with Gasteiger partial charge < -0.3 is 10.1 Å². The molecule has 7 heteroatoms. The summed E-state index contributed by atoms with van der Waals surface area (Å²) in [6.45, 7) is 3.81. The minimum absolute atomic E-state index is 0.353. The highest BCUT2D eigenvalue weighted by atomic mass is 16.5. The van der Waals surface area contributed by atoms with Crippen molar-refractivity contribution in [2.45, 2.75) is 26.3 Å². The maximum Gasteiger partial charge on any atom is 0.337 e. The van der Waals surface area contributed by atoms with Crippen LogP contribution < -0.4 is 10.9 Å². The van der Waals surface area contributed by atoms with E-state index in [2.05, 4.69) is 15.2 Å². The molecule has 1 N–H and O–H groups in total. The van der Waals surface area contributed by atoms with Gasteiger partial charge in [0, 0.05) is 17.3 Å². The van der Waals surface area contributed by atoms with Crippen LogP contribution in [-0.2, 0) is 9.53 Å². The number of aryl methyl sites for hydroxylation is 1. The van der Waals surface area contributed by atoms with Crippen molar-refractivity contribution in [3.05, 3.63) is 82.1 Å². The SMILES string of the molecule is CC[C@H](C(=O)Nc1ccc(C(=O)OC)cc1)n1nc(-c2ccc(C)cc2)ccc1=O. The van der Waals surface area contributed by atoms with Gasteiger partial charge in [0.05, 0.1) is 18.4 Å². The van der Waals surface area contributed by atoms with E-state index in [1.807, 2.05) is 38.1 Å². The van der Waals surface area contributed by atoms with Gasteiger partial charge in [-0.1, -0.05) is 36.8 Å². The fraction of sp³-hybridized carbons (Fsp3) is 0.217. The normalized spacial score (nSPS) is 11.6. The van der Waals surface area contributed by atoms with Crippen molar-refractivity contribution < 1.29 is 14.3 Å². The van der Waals surface area contributed by atoms with Gasteiger partial charge in [-0.05, 0) is 43.7 Å². The van der Waals surface area contributed by atoms with Gasteiger partial charge in [-0.25, -0.2) is 9.48 Å². The second-order valence-electron chi connectivity index (χ2n) is 6.85. The average molecular weight is 405 g/mol. The number of benzene rings is 2. The number of carbonyl (C=O) groups is 2. The van der Waals surface area contributed by atoms with Crippen molar-refractivity contribution in [3.8, 4) is 11.3 Å². The second kappa shape index (κ2) is 9.17. The van der Waals surface area contributed by atoms with Crippen molar-refractivity contribution >= 4 is 17.6 Å². The first kappa shape index (κ1) is 21.0. The maximum atomic E-state index is 12.9. The predicted molar refractivity (Wildman–Crippen MR) is 114 cm³/mol. The van der Waals surface area contributed by atoms with E-state index in [0.717, 1.165) is 11.1 Å². The Labute approximate surface area is 174 Å². The molecule has 0 saturated heterocycles. The van der Waals surface area contributed by atoms with Gasteiger partial charge in [0.1, 0.15) is 6.04 Å². The number of nitrogens with one attached hydrogen (secondary N) is 1. The zero-order valence-electron chi connectivity index (χ0n) is 17.1. The molecule has 30 heavy (non-hydrogen) atoms. The molecule has 7 nitrogen and oxygen atoms in total. The number of amides is 1. The number of rotatable bonds is 6. The van der Waals surface area contributed by atoms with Crippen molar-refractivity contribution in [1.82, 2.24) is 9.78 Å². The molecule has 3 rings (SSSR count). The van der Waals surface area contributed by atoms with E-state index < -0.39 is 12.0 Å². The van der Waals surface area contributed by atoms with Crippen LogP contribution in [0.3, 0.4) is 0 Å². The van der Waals surface area contributed by atoms with Crippen LogP contribution in [0, 0.1) is 6.92 Å². The molecule has 0 aliphatic rings. The molecule has 1 aromatic heterocycles. The van der Waals surface area contributed by atoms with Gasteiger partial charge in [0.15, 0.2) is 0 Å². The van der Waals surface area contributed by atoms with Gasteiger partial charge in [-0.3, -0.25) is 9.59 Å². The van der Waals surface area contributed by atoms with Crippen LogP contribution in [0.4, 0.5) is 5.69 Å². The standard InChI is InChI=1S/C23H23N3O4/c1-4-20(22(28)24-18-11-9-17(10-12-18)23(29)30-3)26-21(27)14-13-19(25-26)16-7-5-15(2)6-8-16/h5-14,20H,4H2,1-3H3,(H,24,28)/t20-/m1/s1. The Balaban J connectivity index is 1.85. The highest BCUT2D eigenvalue weighted by Gasteiger charge is 2.21. The first-order valence-corrected chi connectivity index (χ1v) is 9.59. The lowest BCUT2D eigenvalue weighted by Gasteiger charge is -2.17. The third-order valence-corrected chi connectivity index (χ3v) is 4.73. The van der Waals surface area contributed by atoms with E-state index in [1.54, 1.807) is 30.3 Å². The molecule has 0 fully saturated rings. The fourth-order valence-electron chi connectivity index (χ4n) is 3.03. The molecular weight excluding hydrogens is 382 g/mol. The topological polar surface area (TPSA) is 90.3 Å². The summed E-state index contributed by atoms with van der Waals surface area (Å²) in [6, 6.07) is 16.4. The Hall–Kier alpha value is -3.74. The molecule has 1 amide bonds. The van der Waals surface area contributed by atoms with E-state index in [9.17, 15) is 14.4 Å². The van der Waals surface area contributed by atoms with Crippen molar-refractivity contribution in [3.63, 3.8) is 0 Å². The Morgan fingerprint density at radius 3 is 2.30 bits per heavy atom. The first-order chi connectivity index (χ1) is 14.4. The Morgan fingerprint density at radius 2 is 1.70 bits per heavy atom. The van der Waals surface area contributed by atoms with Crippen LogP contribution in [0.5, 0.6) is 0 Å². The summed E-state index contributed by atoms with van der Waals surface area (Å²) in [4.78, 5) is 36.8. The minimum Gasteiger partial charge on any atom is -0.465 e. The van der Waals surface area contributed by atoms with Crippen molar-refractivity contribution in [2.75, 3.05) is 12.4 Å². The first-order valence-electron chi connectivity index (χ1n) is 9.59. The average Bonchev–Trinajstić information content (AvgIpc) is 2.76. The summed E-state index contributed by atoms with van der Waals surface area (Å²) < 4.78 is 5.88. The molecule has 1 heterocycles. The van der Waals surface area contributed by atoms with Crippen LogP contribution >= 0.6 is 0 Å². The molecule has 154 valence electrons. The number of anilines is 1. The van der Waals surface area contributed by atoms with E-state index >= 15 is 0 Å². The molecular formula is C23H23N3O4. The zero-order valence-corrected chi connectivity index (χ0v) is 17.1. The monoisotopic (exact) mass is 405 g/mol. The second-order valence-corrected chi connectivity index (χ2v) is 6.85. The van der Waals surface area contributed by atoms with Crippen LogP contribution in [0.1, 0.15) is 35.3 Å². The van der Waals surface area contributed by atoms with Crippen molar-refractivity contribution in [2.24, 2.45) is 0 Å². The maximum absolute atomic E-state index is 12.9. The number of hydrogen-bond donors (Lipinski definition) is 1. The smallest absolute Gasteiger partial charge is 0.337 e. The number of ether oxygens (including phenoxy) is 1. The summed E-state index contributed by atoms with van der Waals surface area (Å²) in [5.41, 5.74) is 3.14. The lowest BCUT2D eigenvalue weighted by atomic mass is 10.1. The zero-order chi connectivity index (χ0) is 21.7. The largest absolute Gasteiger partial charge is 0.465 e. The molecule has 0 saturated carbocycles. The Bertz CT molecular complexity index is 1100. The highest BCUT2D eigenvalue weighted by molar-refractivity contribution is 5.95. The lowest BCUT2D eigenvalue weighted by molar-refractivity contribution is -0.119. The molecule has 0 aliphatic carbocycles. The van der Waals surface area contributed by atoms with Crippen molar-refractivity contribution in [1.29, 1.82) is 0 Å². The van der Waals surface area contributed by atoms with Crippen LogP contribution in [0.25, 0.3) is 11.3 Å². The summed E-state index contributed by atoms with van der Waals surface area (Å²) >= 11 is 0. The third kappa shape index (κ3) is 4.63. The number of nitrogens with zero attached hydrogens (tertiary/aromatic N) is 2. The molecule has 0 bridgehead atoms. The molecule has 0 spiro atoms. The predicted octanol–water partition coefficient (Wildman–Crippen LogP) is 3.60. The van der Waals surface area contributed by atoms with Gasteiger partial charge in [-0.2, -0.15) is 5.10 Å². The van der Waals surface area contributed by atoms with Gasteiger partial charge >= 0.3 is 5.97 Å². The fourth-order valence-corrected chi connectivity index (χ4v) is 3.03. The third-order valence-electron chi connectivity index (χ3n) is 4.73. The summed E-state index contributed by atoms with van der Waals surface area (Å²) in [6.07, 6.45) is 0.385. The number of hydrogen-bond acceptors (Lipinski definition) is 5. The summed E-state index contributed by atoms with van der Waals surface area (Å²) in [7, 11) is 1.30. The Morgan fingerprint density at radius 1 is 1.03 bits per heavy atom. The van der Waals surface area contributed by atoms with E-state index in [-0.39, 0.29) is 11.5 Å². The molecule has 0 unspecified atom stereocenters. The number of aromatic nitrogens is 2.